The molecule has 2 N–H and O–H groups in total. The second-order valence-electron chi connectivity index (χ2n) is 4.58. The minimum atomic E-state index is 0.351. The molecule has 20 heavy (non-hydrogen) atoms. The van der Waals surface area contributed by atoms with Crippen molar-refractivity contribution in [2.75, 3.05) is 0 Å². The quantitative estimate of drug-likeness (QED) is 0.787. The van der Waals surface area contributed by atoms with E-state index >= 15 is 0 Å². The molecule has 0 aliphatic heterocycles. The lowest BCUT2D eigenvalue weighted by molar-refractivity contribution is 0.799. The topological polar surface area (TPSA) is 69.6 Å². The number of aromatic nitrogens is 4. The van der Waals surface area contributed by atoms with Gasteiger partial charge in [-0.25, -0.2) is 4.68 Å². The molecule has 100 valence electrons. The van der Waals surface area contributed by atoms with Gasteiger partial charge in [-0.15, -0.1) is 5.10 Å². The zero-order valence-electron chi connectivity index (χ0n) is 11.2. The second-order valence-corrected chi connectivity index (χ2v) is 4.58. The predicted molar refractivity (Wildman–Crippen MR) is 77.2 cm³/mol. The number of aryl methyl sites for hydroxylation is 1. The summed E-state index contributed by atoms with van der Waals surface area (Å²) in [6, 6.07) is 12.0. The van der Waals surface area contributed by atoms with Gasteiger partial charge in [0.25, 0.3) is 0 Å². The minimum Gasteiger partial charge on any atom is -0.325 e. The van der Waals surface area contributed by atoms with Crippen molar-refractivity contribution in [1.82, 2.24) is 20.0 Å². The molecule has 0 amide bonds. The van der Waals surface area contributed by atoms with Crippen molar-refractivity contribution in [3.63, 3.8) is 0 Å². The maximum atomic E-state index is 5.78. The Morgan fingerprint density at radius 3 is 2.65 bits per heavy atom. The van der Waals surface area contributed by atoms with Crippen LogP contribution in [0.15, 0.2) is 48.8 Å². The van der Waals surface area contributed by atoms with Crippen LogP contribution in [0.3, 0.4) is 0 Å². The van der Waals surface area contributed by atoms with Gasteiger partial charge in [-0.2, -0.15) is 0 Å². The van der Waals surface area contributed by atoms with Gasteiger partial charge in [-0.05, 0) is 36.8 Å². The van der Waals surface area contributed by atoms with Crippen LogP contribution in [0.1, 0.15) is 11.3 Å². The molecule has 0 saturated carbocycles. The highest BCUT2D eigenvalue weighted by Gasteiger charge is 2.15. The lowest BCUT2D eigenvalue weighted by Gasteiger charge is -2.08. The predicted octanol–water partition coefficient (Wildman–Crippen LogP) is 2.10. The standard InChI is InChI=1S/C15H15N5/c1-11-3-2-4-13(9-11)20-15(14(10-16)18-19-20)12-5-7-17-8-6-12/h2-9H,10,16H2,1H3. The van der Waals surface area contributed by atoms with E-state index in [1.54, 1.807) is 12.4 Å². The lowest BCUT2D eigenvalue weighted by atomic mass is 10.1. The third-order valence-corrected chi connectivity index (χ3v) is 3.13. The highest BCUT2D eigenvalue weighted by atomic mass is 15.4. The summed E-state index contributed by atoms with van der Waals surface area (Å²) >= 11 is 0. The van der Waals surface area contributed by atoms with E-state index in [-0.39, 0.29) is 0 Å². The van der Waals surface area contributed by atoms with E-state index in [1.165, 1.54) is 5.56 Å². The van der Waals surface area contributed by atoms with Crippen molar-refractivity contribution in [3.8, 4) is 16.9 Å². The van der Waals surface area contributed by atoms with E-state index in [9.17, 15) is 0 Å². The largest absolute Gasteiger partial charge is 0.325 e. The molecule has 2 heterocycles. The summed E-state index contributed by atoms with van der Waals surface area (Å²) in [6.07, 6.45) is 3.51. The maximum Gasteiger partial charge on any atom is 0.105 e. The maximum absolute atomic E-state index is 5.78. The van der Waals surface area contributed by atoms with Crippen LogP contribution >= 0.6 is 0 Å². The third kappa shape index (κ3) is 2.19. The number of hydrogen-bond donors (Lipinski definition) is 1. The molecule has 3 rings (SSSR count). The number of rotatable bonds is 3. The van der Waals surface area contributed by atoms with Gasteiger partial charge in [0.1, 0.15) is 5.69 Å². The molecule has 1 aromatic carbocycles. The Labute approximate surface area is 117 Å². The normalized spacial score (nSPS) is 10.7. The number of nitrogens with zero attached hydrogens (tertiary/aromatic N) is 4. The van der Waals surface area contributed by atoms with Crippen LogP contribution in [0.25, 0.3) is 16.9 Å². The highest BCUT2D eigenvalue weighted by Crippen LogP contribution is 2.24. The van der Waals surface area contributed by atoms with Crippen molar-refractivity contribution in [1.29, 1.82) is 0 Å². The van der Waals surface area contributed by atoms with E-state index in [4.69, 9.17) is 5.73 Å². The fourth-order valence-electron chi connectivity index (χ4n) is 2.19. The van der Waals surface area contributed by atoms with Crippen LogP contribution in [0, 0.1) is 6.92 Å². The Kier molecular flexibility index (Phi) is 3.26. The summed E-state index contributed by atoms with van der Waals surface area (Å²) in [6.45, 7) is 2.40. The fourth-order valence-corrected chi connectivity index (χ4v) is 2.19. The molecule has 0 saturated heterocycles. The van der Waals surface area contributed by atoms with Crippen LogP contribution in [0.2, 0.25) is 0 Å². The van der Waals surface area contributed by atoms with Crippen LogP contribution in [-0.2, 0) is 6.54 Å². The zero-order valence-corrected chi connectivity index (χ0v) is 11.2. The summed E-state index contributed by atoms with van der Waals surface area (Å²) in [5, 5.41) is 8.43. The van der Waals surface area contributed by atoms with Crippen molar-refractivity contribution < 1.29 is 0 Å². The first kappa shape index (κ1) is 12.5. The van der Waals surface area contributed by atoms with Crippen LogP contribution in [-0.4, -0.2) is 20.0 Å². The van der Waals surface area contributed by atoms with Crippen molar-refractivity contribution in [2.24, 2.45) is 5.73 Å². The Bertz CT molecular complexity index is 718. The number of hydrogen-bond acceptors (Lipinski definition) is 4. The van der Waals surface area contributed by atoms with Gasteiger partial charge in [-0.1, -0.05) is 17.3 Å². The smallest absolute Gasteiger partial charge is 0.105 e. The minimum absolute atomic E-state index is 0.351. The molecule has 0 unspecified atom stereocenters. The SMILES string of the molecule is Cc1cccc(-n2nnc(CN)c2-c2ccncc2)c1. The van der Waals surface area contributed by atoms with Crippen LogP contribution < -0.4 is 5.73 Å². The van der Waals surface area contributed by atoms with Gasteiger partial charge >= 0.3 is 0 Å². The molecule has 0 aliphatic rings. The highest BCUT2D eigenvalue weighted by molar-refractivity contribution is 5.63. The Morgan fingerprint density at radius 2 is 1.95 bits per heavy atom. The van der Waals surface area contributed by atoms with Gasteiger partial charge in [0, 0.05) is 24.5 Å². The molecule has 5 heteroatoms. The average Bonchev–Trinajstić information content (AvgIpc) is 2.92. The Hall–Kier alpha value is -2.53. The van der Waals surface area contributed by atoms with Crippen molar-refractivity contribution in [2.45, 2.75) is 13.5 Å². The van der Waals surface area contributed by atoms with Gasteiger partial charge in [-0.3, -0.25) is 4.98 Å². The fraction of sp³-hybridized carbons (Fsp3) is 0.133. The summed E-state index contributed by atoms with van der Waals surface area (Å²) in [7, 11) is 0. The summed E-state index contributed by atoms with van der Waals surface area (Å²) < 4.78 is 1.82. The van der Waals surface area contributed by atoms with Crippen LogP contribution in [0.5, 0.6) is 0 Å². The first-order chi connectivity index (χ1) is 9.79. The van der Waals surface area contributed by atoms with Gasteiger partial charge in [0.2, 0.25) is 0 Å². The number of benzene rings is 1. The lowest BCUT2D eigenvalue weighted by Crippen LogP contribution is -2.02. The van der Waals surface area contributed by atoms with E-state index in [0.717, 1.165) is 22.6 Å². The molecule has 0 spiro atoms. The molecule has 3 aromatic rings. The van der Waals surface area contributed by atoms with Gasteiger partial charge < -0.3 is 5.73 Å². The van der Waals surface area contributed by atoms with Crippen LogP contribution in [0.4, 0.5) is 0 Å². The van der Waals surface area contributed by atoms with E-state index < -0.39 is 0 Å². The first-order valence-electron chi connectivity index (χ1n) is 6.41. The first-order valence-corrected chi connectivity index (χ1v) is 6.41. The summed E-state index contributed by atoms with van der Waals surface area (Å²) in [5.41, 5.74) is 10.6. The molecule has 0 fully saturated rings. The second kappa shape index (κ2) is 5.22. The van der Waals surface area contributed by atoms with E-state index in [1.807, 2.05) is 28.9 Å². The molecule has 0 radical (unpaired) electrons. The van der Waals surface area contributed by atoms with E-state index in [2.05, 4.69) is 34.4 Å². The Balaban J connectivity index is 2.20. The Morgan fingerprint density at radius 1 is 1.15 bits per heavy atom. The molecule has 2 aromatic heterocycles. The zero-order chi connectivity index (χ0) is 13.9. The van der Waals surface area contributed by atoms with Crippen molar-refractivity contribution in [3.05, 3.63) is 60.0 Å². The average molecular weight is 265 g/mol. The van der Waals surface area contributed by atoms with Gasteiger partial charge in [0.15, 0.2) is 0 Å². The van der Waals surface area contributed by atoms with Crippen molar-refractivity contribution >= 4 is 0 Å². The summed E-state index contributed by atoms with van der Waals surface area (Å²) in [4.78, 5) is 4.05. The van der Waals surface area contributed by atoms with E-state index in [0.29, 0.717) is 6.54 Å². The summed E-state index contributed by atoms with van der Waals surface area (Å²) in [5.74, 6) is 0. The third-order valence-electron chi connectivity index (χ3n) is 3.13. The number of nitrogens with two attached hydrogens (primary N) is 1. The monoisotopic (exact) mass is 265 g/mol. The molecule has 5 nitrogen and oxygen atoms in total. The molecule has 0 bridgehead atoms. The molecular formula is C15H15N5. The molecule has 0 atom stereocenters. The number of pyridine rings is 1. The molecular weight excluding hydrogens is 250 g/mol. The molecule has 0 aliphatic carbocycles. The van der Waals surface area contributed by atoms with Gasteiger partial charge in [0.05, 0.1) is 11.4 Å².